The molecule has 0 aliphatic carbocycles. The molecule has 0 unspecified atom stereocenters. The van der Waals surface area contributed by atoms with Gasteiger partial charge in [0.25, 0.3) is 0 Å². The lowest BCUT2D eigenvalue weighted by Gasteiger charge is -2.14. The second-order valence-corrected chi connectivity index (χ2v) is 8.85. The number of allylic oxidation sites excluding steroid dienone is 1. The van der Waals surface area contributed by atoms with Gasteiger partial charge < -0.3 is 9.84 Å². The van der Waals surface area contributed by atoms with E-state index in [0.717, 1.165) is 37.6 Å². The molecule has 1 heterocycles. The van der Waals surface area contributed by atoms with Crippen molar-refractivity contribution in [2.45, 2.75) is 26.7 Å². The molecule has 0 saturated heterocycles. The Hall–Kier alpha value is -3.37. The highest BCUT2D eigenvalue weighted by molar-refractivity contribution is 7.22. The average Bonchev–Trinajstić information content (AvgIpc) is 3.10. The zero-order valence-electron chi connectivity index (χ0n) is 17.8. The molecule has 0 atom stereocenters. The second-order valence-electron chi connectivity index (χ2n) is 7.80. The number of carbonyl (C=O) groups excluding carboxylic acids is 1. The number of carbonyl (C=O) groups is 1. The van der Waals surface area contributed by atoms with Crippen LogP contribution in [0.15, 0.2) is 72.8 Å². The monoisotopic (exact) mass is 428 g/mol. The molecule has 31 heavy (non-hydrogen) atoms. The van der Waals surface area contributed by atoms with Crippen LogP contribution in [-0.4, -0.2) is 10.9 Å². The van der Waals surface area contributed by atoms with Crippen LogP contribution in [0.2, 0.25) is 0 Å². The summed E-state index contributed by atoms with van der Waals surface area (Å²) in [7, 11) is 0. The SMILES string of the molecule is CC(=O)C=Cc1ccc(Oc2c(-c3ccccc3C(C)C)sc3cc(O)ccc23)cc1. The van der Waals surface area contributed by atoms with Gasteiger partial charge in [0.2, 0.25) is 0 Å². The predicted molar refractivity (Wildman–Crippen MR) is 129 cm³/mol. The zero-order chi connectivity index (χ0) is 22.0. The first-order valence-electron chi connectivity index (χ1n) is 10.2. The fourth-order valence-electron chi connectivity index (χ4n) is 3.53. The van der Waals surface area contributed by atoms with E-state index in [9.17, 15) is 9.90 Å². The third kappa shape index (κ3) is 4.54. The number of benzene rings is 3. The van der Waals surface area contributed by atoms with Gasteiger partial charge in [-0.1, -0.05) is 56.3 Å². The number of hydrogen-bond donors (Lipinski definition) is 1. The van der Waals surface area contributed by atoms with Crippen LogP contribution in [0.4, 0.5) is 0 Å². The summed E-state index contributed by atoms with van der Waals surface area (Å²) in [5.74, 6) is 2.14. The van der Waals surface area contributed by atoms with E-state index in [-0.39, 0.29) is 11.5 Å². The molecule has 0 aliphatic rings. The number of thiophene rings is 1. The normalized spacial score (nSPS) is 11.5. The van der Waals surface area contributed by atoms with Crippen LogP contribution in [0.5, 0.6) is 17.2 Å². The molecule has 156 valence electrons. The van der Waals surface area contributed by atoms with Crippen LogP contribution in [0.25, 0.3) is 26.6 Å². The minimum Gasteiger partial charge on any atom is -0.508 e. The molecule has 0 bridgehead atoms. The topological polar surface area (TPSA) is 46.5 Å². The van der Waals surface area contributed by atoms with E-state index in [1.165, 1.54) is 12.5 Å². The number of fused-ring (bicyclic) bond motifs is 1. The maximum Gasteiger partial charge on any atom is 0.153 e. The van der Waals surface area contributed by atoms with Crippen molar-refractivity contribution < 1.29 is 14.6 Å². The van der Waals surface area contributed by atoms with Crippen molar-refractivity contribution in [1.29, 1.82) is 0 Å². The van der Waals surface area contributed by atoms with Crippen LogP contribution in [0.1, 0.15) is 37.8 Å². The van der Waals surface area contributed by atoms with Crippen LogP contribution < -0.4 is 4.74 Å². The predicted octanol–water partition coefficient (Wildman–Crippen LogP) is 7.79. The van der Waals surface area contributed by atoms with Gasteiger partial charge in [-0.2, -0.15) is 0 Å². The molecule has 3 aromatic carbocycles. The molecular formula is C27H24O3S. The first kappa shape index (κ1) is 20.9. The van der Waals surface area contributed by atoms with Gasteiger partial charge in [-0.15, -0.1) is 11.3 Å². The summed E-state index contributed by atoms with van der Waals surface area (Å²) >= 11 is 1.62. The minimum absolute atomic E-state index is 0.0155. The molecule has 0 aliphatic heterocycles. The molecule has 4 rings (SSSR count). The smallest absolute Gasteiger partial charge is 0.153 e. The van der Waals surface area contributed by atoms with Gasteiger partial charge in [-0.05, 0) is 65.9 Å². The first-order chi connectivity index (χ1) is 14.9. The quantitative estimate of drug-likeness (QED) is 0.319. The summed E-state index contributed by atoms with van der Waals surface area (Å²) in [4.78, 5) is 12.2. The third-order valence-corrected chi connectivity index (χ3v) is 6.23. The molecule has 0 spiro atoms. The van der Waals surface area contributed by atoms with E-state index >= 15 is 0 Å². The number of phenols is 1. The second kappa shape index (κ2) is 8.78. The molecule has 3 nitrogen and oxygen atoms in total. The van der Waals surface area contributed by atoms with Crippen molar-refractivity contribution in [2.24, 2.45) is 0 Å². The Morgan fingerprint density at radius 3 is 2.48 bits per heavy atom. The number of phenolic OH excluding ortho intramolecular Hbond substituents is 1. The average molecular weight is 429 g/mol. The molecule has 0 amide bonds. The van der Waals surface area contributed by atoms with E-state index in [1.807, 2.05) is 36.4 Å². The number of aromatic hydroxyl groups is 1. The number of ether oxygens (including phenoxy) is 1. The molecule has 1 N–H and O–H groups in total. The van der Waals surface area contributed by atoms with Gasteiger partial charge >= 0.3 is 0 Å². The molecule has 1 aromatic heterocycles. The van der Waals surface area contributed by atoms with Gasteiger partial charge in [-0.25, -0.2) is 0 Å². The molecular weight excluding hydrogens is 404 g/mol. The van der Waals surface area contributed by atoms with Crippen LogP contribution in [0.3, 0.4) is 0 Å². The number of rotatable bonds is 6. The Morgan fingerprint density at radius 2 is 1.77 bits per heavy atom. The summed E-state index contributed by atoms with van der Waals surface area (Å²) in [5, 5.41) is 11.0. The Kier molecular flexibility index (Phi) is 5.92. The first-order valence-corrected chi connectivity index (χ1v) is 11.1. The molecule has 0 radical (unpaired) electrons. The minimum atomic E-state index is 0.0155. The maximum atomic E-state index is 11.2. The van der Waals surface area contributed by atoms with Gasteiger partial charge in [0, 0.05) is 10.1 Å². The third-order valence-electron chi connectivity index (χ3n) is 5.07. The summed E-state index contributed by atoms with van der Waals surface area (Å²) < 4.78 is 7.39. The lowest BCUT2D eigenvalue weighted by atomic mass is 9.96. The van der Waals surface area contributed by atoms with Gasteiger partial charge in [0.05, 0.1) is 4.88 Å². The highest BCUT2D eigenvalue weighted by Gasteiger charge is 2.19. The lowest BCUT2D eigenvalue weighted by Crippen LogP contribution is -1.92. The molecule has 0 saturated carbocycles. The Balaban J connectivity index is 1.80. The van der Waals surface area contributed by atoms with Crippen molar-refractivity contribution in [1.82, 2.24) is 0 Å². The van der Waals surface area contributed by atoms with Crippen LogP contribution >= 0.6 is 11.3 Å². The number of hydrogen-bond acceptors (Lipinski definition) is 4. The highest BCUT2D eigenvalue weighted by atomic mass is 32.1. The fraction of sp³-hybridized carbons (Fsp3) is 0.148. The van der Waals surface area contributed by atoms with Crippen LogP contribution in [0, 0.1) is 0 Å². The maximum absolute atomic E-state index is 11.2. The largest absolute Gasteiger partial charge is 0.508 e. The van der Waals surface area contributed by atoms with Crippen LogP contribution in [-0.2, 0) is 4.79 Å². The van der Waals surface area contributed by atoms with Crippen molar-refractivity contribution in [3.63, 3.8) is 0 Å². The van der Waals surface area contributed by atoms with Gasteiger partial charge in [0.1, 0.15) is 11.5 Å². The summed E-state index contributed by atoms with van der Waals surface area (Å²) in [5.41, 5.74) is 3.34. The number of ketones is 1. The standard InChI is InChI=1S/C27H24O3S/c1-17(2)22-6-4-5-7-23(22)27-26(24-15-12-20(29)16-25(24)31-27)30-21-13-10-19(11-14-21)9-8-18(3)28/h4-17,29H,1-3H3. The molecule has 4 aromatic rings. The Bertz CT molecular complexity index is 1260. The fourth-order valence-corrected chi connectivity index (χ4v) is 4.74. The Labute approximate surface area is 186 Å². The Morgan fingerprint density at radius 1 is 1.03 bits per heavy atom. The van der Waals surface area contributed by atoms with Gasteiger partial charge in [0.15, 0.2) is 11.5 Å². The van der Waals surface area contributed by atoms with E-state index in [2.05, 4.69) is 32.0 Å². The molecule has 0 fully saturated rings. The van der Waals surface area contributed by atoms with E-state index in [1.54, 1.807) is 35.6 Å². The highest BCUT2D eigenvalue weighted by Crippen LogP contribution is 2.48. The summed E-state index contributed by atoms with van der Waals surface area (Å²) in [6, 6.07) is 21.4. The van der Waals surface area contributed by atoms with Crippen molar-refractivity contribution in [2.75, 3.05) is 0 Å². The van der Waals surface area contributed by atoms with Gasteiger partial charge in [-0.3, -0.25) is 4.79 Å². The summed E-state index contributed by atoms with van der Waals surface area (Å²) in [6.45, 7) is 5.90. The summed E-state index contributed by atoms with van der Waals surface area (Å²) in [6.07, 6.45) is 3.34. The van der Waals surface area contributed by atoms with E-state index in [0.29, 0.717) is 5.92 Å². The van der Waals surface area contributed by atoms with E-state index < -0.39 is 0 Å². The van der Waals surface area contributed by atoms with Crippen molar-refractivity contribution >= 4 is 33.3 Å². The van der Waals surface area contributed by atoms with E-state index in [4.69, 9.17) is 4.74 Å². The zero-order valence-corrected chi connectivity index (χ0v) is 18.6. The van der Waals surface area contributed by atoms with Crippen molar-refractivity contribution in [3.05, 3.63) is 83.9 Å². The molecule has 4 heteroatoms. The van der Waals surface area contributed by atoms with Crippen molar-refractivity contribution in [3.8, 4) is 27.7 Å². The lowest BCUT2D eigenvalue weighted by molar-refractivity contribution is -0.112.